The second-order valence-electron chi connectivity index (χ2n) is 6.78. The van der Waals surface area contributed by atoms with Crippen molar-refractivity contribution in [3.63, 3.8) is 0 Å². The fourth-order valence-corrected chi connectivity index (χ4v) is 3.88. The fraction of sp³-hybridized carbons (Fsp3) is 0.222. The van der Waals surface area contributed by atoms with E-state index in [1.54, 1.807) is 23.2 Å². The molecule has 1 aromatic carbocycles. The van der Waals surface area contributed by atoms with Crippen LogP contribution >= 0.6 is 11.6 Å². The van der Waals surface area contributed by atoms with Gasteiger partial charge in [-0.25, -0.2) is 4.98 Å². The molecule has 5 rings (SSSR count). The molecule has 0 radical (unpaired) electrons. The Kier molecular flexibility index (Phi) is 4.10. The summed E-state index contributed by atoms with van der Waals surface area (Å²) >= 11 is 6.11. The normalized spacial score (nSPS) is 15.7. The van der Waals surface area contributed by atoms with Crippen LogP contribution in [0.5, 0.6) is 0 Å². The van der Waals surface area contributed by atoms with Crippen molar-refractivity contribution in [2.75, 3.05) is 0 Å². The number of nitrogens with zero attached hydrogens (tertiary/aromatic N) is 8. The van der Waals surface area contributed by atoms with E-state index in [1.165, 1.54) is 12.1 Å². The summed E-state index contributed by atoms with van der Waals surface area (Å²) in [6.07, 6.45) is 0.116. The monoisotopic (exact) mass is 432 g/mol. The summed E-state index contributed by atoms with van der Waals surface area (Å²) in [7, 11) is 0. The smallest absolute Gasteiger partial charge is 0.301 e. The highest BCUT2D eigenvalue weighted by atomic mass is 35.5. The molecule has 0 saturated heterocycles. The van der Waals surface area contributed by atoms with E-state index in [0.29, 0.717) is 29.7 Å². The van der Waals surface area contributed by atoms with Crippen LogP contribution in [0, 0.1) is 0 Å². The molecule has 1 aliphatic rings. The molecular formula is C18H12ClF3N8. The number of benzene rings is 1. The van der Waals surface area contributed by atoms with Crippen LogP contribution < -0.4 is 0 Å². The van der Waals surface area contributed by atoms with Crippen molar-refractivity contribution in [3.8, 4) is 34.6 Å². The van der Waals surface area contributed by atoms with E-state index < -0.39 is 16.8 Å². The zero-order valence-corrected chi connectivity index (χ0v) is 16.1. The standard InChI is InChI=1S/C18H12ClF3N8/c1-9-8-29-15(12-7-23-5-6-24-12)26-27-16(29)17-28-25-14(30(9)17)10-3-2-4-11(13(10)19)18(20,21)22/h2-7,9H,8H2,1H3. The number of hydrogen-bond donors (Lipinski definition) is 0. The van der Waals surface area contributed by atoms with Gasteiger partial charge in [0.05, 0.1) is 22.8 Å². The lowest BCUT2D eigenvalue weighted by Gasteiger charge is -2.25. The van der Waals surface area contributed by atoms with Gasteiger partial charge in [0.2, 0.25) is 11.6 Å². The van der Waals surface area contributed by atoms with Gasteiger partial charge in [0, 0.05) is 24.5 Å². The second-order valence-corrected chi connectivity index (χ2v) is 7.16. The summed E-state index contributed by atoms with van der Waals surface area (Å²) in [5.74, 6) is 1.59. The number of aromatic nitrogens is 8. The molecule has 0 N–H and O–H groups in total. The third kappa shape index (κ3) is 2.76. The Morgan fingerprint density at radius 1 is 1.00 bits per heavy atom. The first-order chi connectivity index (χ1) is 14.4. The molecule has 0 fully saturated rings. The van der Waals surface area contributed by atoms with Crippen LogP contribution in [0.15, 0.2) is 36.8 Å². The number of rotatable bonds is 2. The van der Waals surface area contributed by atoms with Crippen molar-refractivity contribution >= 4 is 11.6 Å². The predicted molar refractivity (Wildman–Crippen MR) is 100 cm³/mol. The van der Waals surface area contributed by atoms with Gasteiger partial charge in [-0.3, -0.25) is 9.55 Å². The summed E-state index contributed by atoms with van der Waals surface area (Å²) in [4.78, 5) is 8.31. The number of hydrogen-bond acceptors (Lipinski definition) is 6. The van der Waals surface area contributed by atoms with Crippen LogP contribution in [-0.2, 0) is 12.7 Å². The highest BCUT2D eigenvalue weighted by molar-refractivity contribution is 6.34. The molecule has 1 atom stereocenters. The average molecular weight is 433 g/mol. The summed E-state index contributed by atoms with van der Waals surface area (Å²) in [5.41, 5.74) is -0.215. The molecule has 4 aromatic rings. The quantitative estimate of drug-likeness (QED) is 0.477. The third-order valence-electron chi connectivity index (χ3n) is 4.87. The van der Waals surface area contributed by atoms with Gasteiger partial charge in [-0.15, -0.1) is 20.4 Å². The second kappa shape index (κ2) is 6.59. The maximum absolute atomic E-state index is 13.3. The van der Waals surface area contributed by atoms with Gasteiger partial charge in [0.1, 0.15) is 5.69 Å². The molecule has 0 bridgehead atoms. The predicted octanol–water partition coefficient (Wildman–Crippen LogP) is 3.91. The SMILES string of the molecule is CC1Cn2c(-c3cnccn3)nnc2-c2nnc(-c3cccc(C(F)(F)F)c3Cl)n21. The van der Waals surface area contributed by atoms with Crippen LogP contribution in [0.1, 0.15) is 18.5 Å². The maximum atomic E-state index is 13.3. The van der Waals surface area contributed by atoms with E-state index >= 15 is 0 Å². The molecule has 152 valence electrons. The largest absolute Gasteiger partial charge is 0.417 e. The van der Waals surface area contributed by atoms with Crippen molar-refractivity contribution in [3.05, 3.63) is 47.4 Å². The Hall–Kier alpha value is -3.34. The van der Waals surface area contributed by atoms with Gasteiger partial charge >= 0.3 is 6.18 Å². The van der Waals surface area contributed by atoms with Crippen molar-refractivity contribution in [2.24, 2.45) is 0 Å². The Labute approximate surface area is 172 Å². The van der Waals surface area contributed by atoms with Crippen LogP contribution in [0.3, 0.4) is 0 Å². The first-order valence-corrected chi connectivity index (χ1v) is 9.25. The molecule has 8 nitrogen and oxygen atoms in total. The van der Waals surface area contributed by atoms with Crippen molar-refractivity contribution in [1.82, 2.24) is 39.5 Å². The minimum atomic E-state index is -4.57. The lowest BCUT2D eigenvalue weighted by Crippen LogP contribution is -2.22. The maximum Gasteiger partial charge on any atom is 0.417 e. The van der Waals surface area contributed by atoms with E-state index in [1.807, 2.05) is 11.5 Å². The molecule has 1 unspecified atom stereocenters. The lowest BCUT2D eigenvalue weighted by atomic mass is 10.1. The minimum Gasteiger partial charge on any atom is -0.301 e. The van der Waals surface area contributed by atoms with E-state index in [2.05, 4.69) is 30.4 Å². The first kappa shape index (κ1) is 18.7. The Bertz CT molecular complexity index is 1250. The summed E-state index contributed by atoms with van der Waals surface area (Å²) < 4.78 is 43.4. The fourth-order valence-electron chi connectivity index (χ4n) is 3.56. The van der Waals surface area contributed by atoms with Crippen molar-refractivity contribution in [1.29, 1.82) is 0 Å². The minimum absolute atomic E-state index is 0.152. The number of halogens is 4. The molecule has 1 aliphatic heterocycles. The van der Waals surface area contributed by atoms with Crippen molar-refractivity contribution < 1.29 is 13.2 Å². The van der Waals surface area contributed by atoms with E-state index in [-0.39, 0.29) is 17.4 Å². The van der Waals surface area contributed by atoms with Crippen LogP contribution in [0.2, 0.25) is 5.02 Å². The van der Waals surface area contributed by atoms with Crippen molar-refractivity contribution in [2.45, 2.75) is 25.7 Å². The molecular weight excluding hydrogens is 421 g/mol. The molecule has 0 aliphatic carbocycles. The summed E-state index contributed by atoms with van der Waals surface area (Å²) in [6, 6.07) is 3.53. The number of fused-ring (bicyclic) bond motifs is 3. The molecule has 0 amide bonds. The molecule has 12 heteroatoms. The summed E-state index contributed by atoms with van der Waals surface area (Å²) in [6.45, 7) is 2.35. The van der Waals surface area contributed by atoms with Gasteiger partial charge in [-0.1, -0.05) is 17.7 Å². The molecule has 0 spiro atoms. The van der Waals surface area contributed by atoms with E-state index in [9.17, 15) is 13.2 Å². The van der Waals surface area contributed by atoms with Gasteiger partial charge in [0.15, 0.2) is 11.6 Å². The molecule has 4 heterocycles. The van der Waals surface area contributed by atoms with E-state index in [0.717, 1.165) is 6.07 Å². The Balaban J connectivity index is 1.66. The number of alkyl halides is 3. The Morgan fingerprint density at radius 3 is 2.47 bits per heavy atom. The molecule has 30 heavy (non-hydrogen) atoms. The summed E-state index contributed by atoms with van der Waals surface area (Å²) in [5, 5.41) is 16.3. The zero-order chi connectivity index (χ0) is 21.0. The molecule has 3 aromatic heterocycles. The highest BCUT2D eigenvalue weighted by Crippen LogP contribution is 2.41. The lowest BCUT2D eigenvalue weighted by molar-refractivity contribution is -0.137. The van der Waals surface area contributed by atoms with Crippen LogP contribution in [0.25, 0.3) is 34.6 Å². The molecule has 0 saturated carbocycles. The van der Waals surface area contributed by atoms with E-state index in [4.69, 9.17) is 11.6 Å². The average Bonchev–Trinajstić information content (AvgIpc) is 3.32. The van der Waals surface area contributed by atoms with Gasteiger partial charge in [-0.05, 0) is 19.1 Å². The highest BCUT2D eigenvalue weighted by Gasteiger charge is 2.36. The van der Waals surface area contributed by atoms with Crippen LogP contribution in [-0.4, -0.2) is 39.5 Å². The first-order valence-electron chi connectivity index (χ1n) is 8.87. The van der Waals surface area contributed by atoms with Gasteiger partial charge in [-0.2, -0.15) is 13.2 Å². The van der Waals surface area contributed by atoms with Gasteiger partial charge in [0.25, 0.3) is 0 Å². The zero-order valence-electron chi connectivity index (χ0n) is 15.3. The van der Waals surface area contributed by atoms with Gasteiger partial charge < -0.3 is 4.57 Å². The third-order valence-corrected chi connectivity index (χ3v) is 5.28. The Morgan fingerprint density at radius 2 is 1.73 bits per heavy atom. The topological polar surface area (TPSA) is 87.2 Å². The van der Waals surface area contributed by atoms with Crippen LogP contribution in [0.4, 0.5) is 13.2 Å².